The normalized spacial score (nSPS) is 16.5. The van der Waals surface area contributed by atoms with Crippen LogP contribution < -0.4 is 16.0 Å². The van der Waals surface area contributed by atoms with Crippen LogP contribution in [0.25, 0.3) is 0 Å². The highest BCUT2D eigenvalue weighted by Crippen LogP contribution is 2.47. The first-order valence-corrected chi connectivity index (χ1v) is 9.33. The third-order valence-electron chi connectivity index (χ3n) is 4.28. The fraction of sp³-hybridized carbons (Fsp3) is 0.316. The van der Waals surface area contributed by atoms with Gasteiger partial charge in [-0.1, -0.05) is 36.0 Å². The maximum Gasteiger partial charge on any atom is 0.188 e. The van der Waals surface area contributed by atoms with E-state index in [1.807, 2.05) is 11.8 Å². The Hall–Kier alpha value is -2.14. The Balaban J connectivity index is 1.46. The van der Waals surface area contributed by atoms with Gasteiger partial charge in [0.1, 0.15) is 0 Å². The van der Waals surface area contributed by atoms with Crippen molar-refractivity contribution >= 4 is 29.1 Å². The summed E-state index contributed by atoms with van der Waals surface area (Å²) < 4.78 is 0. The third-order valence-corrected chi connectivity index (χ3v) is 5.41. The van der Waals surface area contributed by atoms with Crippen molar-refractivity contribution in [2.75, 3.05) is 18.0 Å². The van der Waals surface area contributed by atoms with Crippen LogP contribution in [0.4, 0.5) is 11.4 Å². The third kappa shape index (κ3) is 3.36. The summed E-state index contributed by atoms with van der Waals surface area (Å²) in [6, 6.07) is 17.8. The Morgan fingerprint density at radius 2 is 1.71 bits per heavy atom. The van der Waals surface area contributed by atoms with Crippen molar-refractivity contribution in [3.05, 3.63) is 48.5 Å². The summed E-state index contributed by atoms with van der Waals surface area (Å²) in [6.45, 7) is 1.69. The van der Waals surface area contributed by atoms with Crippen molar-refractivity contribution in [3.63, 3.8) is 0 Å². The second-order valence-electron chi connectivity index (χ2n) is 6.23. The van der Waals surface area contributed by atoms with Gasteiger partial charge >= 0.3 is 0 Å². The summed E-state index contributed by atoms with van der Waals surface area (Å²) >= 11 is 1.84. The first kappa shape index (κ1) is 15.4. The zero-order chi connectivity index (χ0) is 16.4. The summed E-state index contributed by atoms with van der Waals surface area (Å²) in [5, 5.41) is 3.23. The summed E-state index contributed by atoms with van der Waals surface area (Å²) in [6.07, 6.45) is 3.41. The smallest absolute Gasteiger partial charge is 0.188 e. The van der Waals surface area contributed by atoms with Crippen molar-refractivity contribution in [1.82, 2.24) is 5.32 Å². The fourth-order valence-corrected chi connectivity index (χ4v) is 4.03. The number of rotatable bonds is 5. The topological polar surface area (TPSA) is 53.6 Å². The highest BCUT2D eigenvalue weighted by Gasteiger charge is 2.22. The molecule has 0 saturated heterocycles. The van der Waals surface area contributed by atoms with Gasteiger partial charge in [0.15, 0.2) is 5.96 Å². The number of nitrogens with two attached hydrogens (primary N) is 1. The van der Waals surface area contributed by atoms with Crippen LogP contribution in [0.2, 0.25) is 0 Å². The van der Waals surface area contributed by atoms with Crippen molar-refractivity contribution in [1.29, 1.82) is 0 Å². The molecule has 1 heterocycles. The highest BCUT2D eigenvalue weighted by atomic mass is 32.2. The van der Waals surface area contributed by atoms with E-state index < -0.39 is 0 Å². The Bertz CT molecular complexity index is 709. The lowest BCUT2D eigenvalue weighted by Gasteiger charge is -2.32. The maximum atomic E-state index is 5.91. The van der Waals surface area contributed by atoms with E-state index >= 15 is 0 Å². The first-order chi connectivity index (χ1) is 11.8. The molecule has 0 atom stereocenters. The molecule has 24 heavy (non-hydrogen) atoms. The molecule has 0 radical (unpaired) electrons. The largest absolute Gasteiger partial charge is 0.370 e. The Labute approximate surface area is 147 Å². The number of para-hydroxylation sites is 2. The summed E-state index contributed by atoms with van der Waals surface area (Å²) in [5.74, 6) is 0.590. The van der Waals surface area contributed by atoms with Gasteiger partial charge in [0.05, 0.1) is 11.4 Å². The van der Waals surface area contributed by atoms with Gasteiger partial charge in [-0.05, 0) is 43.5 Å². The molecular weight excluding hydrogens is 316 g/mol. The highest BCUT2D eigenvalue weighted by molar-refractivity contribution is 7.99. The second-order valence-corrected chi connectivity index (χ2v) is 7.31. The van der Waals surface area contributed by atoms with Gasteiger partial charge in [0.25, 0.3) is 0 Å². The average Bonchev–Trinajstić information content (AvgIpc) is 3.41. The first-order valence-electron chi connectivity index (χ1n) is 8.51. The van der Waals surface area contributed by atoms with Gasteiger partial charge in [-0.25, -0.2) is 0 Å². The Kier molecular flexibility index (Phi) is 4.34. The molecule has 1 aliphatic heterocycles. The van der Waals surface area contributed by atoms with E-state index in [2.05, 4.69) is 63.7 Å². The fourth-order valence-electron chi connectivity index (χ4n) is 2.93. The zero-order valence-corrected chi connectivity index (χ0v) is 14.4. The van der Waals surface area contributed by atoms with Gasteiger partial charge in [0, 0.05) is 28.9 Å². The number of hydrogen-bond donors (Lipinski definition) is 2. The number of nitrogens with zero attached hydrogens (tertiary/aromatic N) is 2. The molecular formula is C19H22N4S. The van der Waals surface area contributed by atoms with E-state index in [4.69, 9.17) is 5.73 Å². The van der Waals surface area contributed by atoms with Crippen LogP contribution in [0.5, 0.6) is 0 Å². The minimum absolute atomic E-state index is 0.562. The van der Waals surface area contributed by atoms with E-state index in [1.54, 1.807) is 0 Å². The lowest BCUT2D eigenvalue weighted by molar-refractivity contribution is 0.795. The molecule has 124 valence electrons. The molecule has 0 aromatic heterocycles. The van der Waals surface area contributed by atoms with E-state index in [0.717, 1.165) is 19.5 Å². The molecule has 4 rings (SSSR count). The molecule has 0 unspecified atom stereocenters. The van der Waals surface area contributed by atoms with Crippen LogP contribution in [0.3, 0.4) is 0 Å². The SMILES string of the molecule is NC(=NCCCN1c2ccccc2Sc2ccccc21)NC1CC1. The lowest BCUT2D eigenvalue weighted by atomic mass is 10.2. The van der Waals surface area contributed by atoms with E-state index in [0.29, 0.717) is 12.0 Å². The van der Waals surface area contributed by atoms with Crippen molar-refractivity contribution in [2.45, 2.75) is 35.1 Å². The van der Waals surface area contributed by atoms with Crippen molar-refractivity contribution < 1.29 is 0 Å². The number of fused-ring (bicyclic) bond motifs is 2. The van der Waals surface area contributed by atoms with Crippen molar-refractivity contribution in [2.24, 2.45) is 10.7 Å². The molecule has 1 fully saturated rings. The number of aliphatic imine (C=N–C) groups is 1. The molecule has 3 N–H and O–H groups in total. The van der Waals surface area contributed by atoms with Gasteiger partial charge < -0.3 is 16.0 Å². The number of anilines is 2. The monoisotopic (exact) mass is 338 g/mol. The molecule has 1 saturated carbocycles. The molecule has 5 heteroatoms. The molecule has 0 amide bonds. The average molecular weight is 338 g/mol. The maximum absolute atomic E-state index is 5.91. The van der Waals surface area contributed by atoms with Crippen molar-refractivity contribution in [3.8, 4) is 0 Å². The number of guanidine groups is 1. The predicted octanol–water partition coefficient (Wildman–Crippen LogP) is 3.75. The summed E-state index contributed by atoms with van der Waals surface area (Å²) in [5.41, 5.74) is 8.48. The summed E-state index contributed by atoms with van der Waals surface area (Å²) in [7, 11) is 0. The van der Waals surface area contributed by atoms with Crippen LogP contribution in [0.1, 0.15) is 19.3 Å². The van der Waals surface area contributed by atoms with Crippen LogP contribution in [0.15, 0.2) is 63.3 Å². The molecule has 0 spiro atoms. The lowest BCUT2D eigenvalue weighted by Crippen LogP contribution is -2.33. The molecule has 1 aliphatic carbocycles. The Morgan fingerprint density at radius 3 is 2.33 bits per heavy atom. The predicted molar refractivity (Wildman–Crippen MR) is 101 cm³/mol. The summed E-state index contributed by atoms with van der Waals surface area (Å²) in [4.78, 5) is 9.48. The quantitative estimate of drug-likeness (QED) is 0.495. The zero-order valence-electron chi connectivity index (χ0n) is 13.6. The molecule has 2 aromatic rings. The van der Waals surface area contributed by atoms with Crippen LogP contribution in [0, 0.1) is 0 Å². The van der Waals surface area contributed by atoms with E-state index in [9.17, 15) is 0 Å². The number of benzene rings is 2. The van der Waals surface area contributed by atoms with Crippen LogP contribution >= 0.6 is 11.8 Å². The molecule has 0 bridgehead atoms. The molecule has 4 nitrogen and oxygen atoms in total. The van der Waals surface area contributed by atoms with Gasteiger partial charge in [-0.15, -0.1) is 0 Å². The van der Waals surface area contributed by atoms with Gasteiger partial charge in [-0.3, -0.25) is 4.99 Å². The minimum atomic E-state index is 0.562. The van der Waals surface area contributed by atoms with Crippen LogP contribution in [-0.2, 0) is 0 Å². The van der Waals surface area contributed by atoms with Gasteiger partial charge in [-0.2, -0.15) is 0 Å². The van der Waals surface area contributed by atoms with E-state index in [-0.39, 0.29) is 0 Å². The van der Waals surface area contributed by atoms with E-state index in [1.165, 1.54) is 34.0 Å². The second kappa shape index (κ2) is 6.77. The molecule has 2 aliphatic rings. The van der Waals surface area contributed by atoms with Crippen LogP contribution in [-0.4, -0.2) is 25.1 Å². The number of hydrogen-bond acceptors (Lipinski definition) is 3. The number of nitrogens with one attached hydrogen (secondary N) is 1. The molecule has 2 aromatic carbocycles. The minimum Gasteiger partial charge on any atom is -0.370 e. The van der Waals surface area contributed by atoms with Gasteiger partial charge in [0.2, 0.25) is 0 Å². The standard InChI is InChI=1S/C19H22N4S/c20-19(22-14-10-11-14)21-12-5-13-23-15-6-1-3-8-17(15)24-18-9-4-2-7-16(18)23/h1-4,6-9,14H,5,10-13H2,(H3,20,21,22). The Morgan fingerprint density at radius 1 is 1.08 bits per heavy atom.